The van der Waals surface area contributed by atoms with Crippen molar-refractivity contribution in [2.45, 2.75) is 25.8 Å². The van der Waals surface area contributed by atoms with E-state index in [2.05, 4.69) is 5.32 Å². The Hall–Kier alpha value is -2.82. The van der Waals surface area contributed by atoms with Crippen LogP contribution in [0.1, 0.15) is 24.5 Å². The molecule has 0 spiro atoms. The average molecular weight is 327 g/mol. The number of hydrogen-bond donors (Lipinski definition) is 2. The van der Waals surface area contributed by atoms with Crippen molar-refractivity contribution in [3.8, 4) is 5.75 Å². The SMILES string of the molecule is CC(CC(=O)O)NC(=O)COc1ccccc1Cc1ccccc1. The molecule has 1 unspecified atom stereocenters. The minimum absolute atomic E-state index is 0.115. The summed E-state index contributed by atoms with van der Waals surface area (Å²) in [6.07, 6.45) is 0.602. The van der Waals surface area contributed by atoms with Crippen molar-refractivity contribution in [1.82, 2.24) is 5.32 Å². The number of nitrogens with one attached hydrogen (secondary N) is 1. The average Bonchev–Trinajstić information content (AvgIpc) is 2.54. The molecule has 0 aliphatic carbocycles. The van der Waals surface area contributed by atoms with Gasteiger partial charge in [0.15, 0.2) is 6.61 Å². The number of aliphatic carboxylic acids is 1. The fourth-order valence-electron chi connectivity index (χ4n) is 2.38. The van der Waals surface area contributed by atoms with Crippen LogP contribution in [0.4, 0.5) is 0 Å². The fourth-order valence-corrected chi connectivity index (χ4v) is 2.38. The van der Waals surface area contributed by atoms with Gasteiger partial charge in [-0.15, -0.1) is 0 Å². The predicted octanol–water partition coefficient (Wildman–Crippen LogP) is 2.64. The van der Waals surface area contributed by atoms with E-state index in [0.29, 0.717) is 12.2 Å². The number of carbonyl (C=O) groups is 2. The third-order valence-electron chi connectivity index (χ3n) is 3.46. The van der Waals surface area contributed by atoms with Crippen molar-refractivity contribution in [3.63, 3.8) is 0 Å². The van der Waals surface area contributed by atoms with Crippen LogP contribution in [0.25, 0.3) is 0 Å². The molecule has 2 N–H and O–H groups in total. The summed E-state index contributed by atoms with van der Waals surface area (Å²) in [5.74, 6) is -0.627. The standard InChI is InChI=1S/C19H21NO4/c1-14(11-19(22)23)20-18(21)13-24-17-10-6-5-9-16(17)12-15-7-3-2-4-8-15/h2-10,14H,11-13H2,1H3,(H,20,21)(H,22,23). The van der Waals surface area contributed by atoms with E-state index in [1.165, 1.54) is 0 Å². The Balaban J connectivity index is 1.93. The first-order valence-electron chi connectivity index (χ1n) is 7.80. The number of benzene rings is 2. The Bertz CT molecular complexity index is 685. The molecule has 0 aromatic heterocycles. The molecule has 0 saturated carbocycles. The smallest absolute Gasteiger partial charge is 0.305 e. The third-order valence-corrected chi connectivity index (χ3v) is 3.46. The fraction of sp³-hybridized carbons (Fsp3) is 0.263. The van der Waals surface area contributed by atoms with Gasteiger partial charge in [0.05, 0.1) is 6.42 Å². The number of hydrogen-bond acceptors (Lipinski definition) is 3. The lowest BCUT2D eigenvalue weighted by Crippen LogP contribution is -2.37. The molecule has 0 aliphatic rings. The van der Waals surface area contributed by atoms with Crippen LogP contribution in [-0.4, -0.2) is 29.6 Å². The molecule has 0 heterocycles. The van der Waals surface area contributed by atoms with Gasteiger partial charge in [-0.3, -0.25) is 9.59 Å². The third kappa shape index (κ3) is 5.76. The Labute approximate surface area is 141 Å². The van der Waals surface area contributed by atoms with Crippen LogP contribution in [0.3, 0.4) is 0 Å². The lowest BCUT2D eigenvalue weighted by molar-refractivity contribution is -0.137. The second kappa shape index (κ2) is 8.72. The van der Waals surface area contributed by atoms with Gasteiger partial charge < -0.3 is 15.2 Å². The Morgan fingerprint density at radius 3 is 2.46 bits per heavy atom. The van der Waals surface area contributed by atoms with Crippen molar-refractivity contribution in [2.75, 3.05) is 6.61 Å². The van der Waals surface area contributed by atoms with Crippen LogP contribution in [0.2, 0.25) is 0 Å². The maximum atomic E-state index is 11.8. The molecule has 2 aromatic rings. The molecule has 5 heteroatoms. The van der Waals surface area contributed by atoms with E-state index in [1.54, 1.807) is 6.92 Å². The van der Waals surface area contributed by atoms with E-state index in [-0.39, 0.29) is 18.9 Å². The summed E-state index contributed by atoms with van der Waals surface area (Å²) >= 11 is 0. The molecule has 0 radical (unpaired) electrons. The number of carboxylic acid groups (broad SMARTS) is 1. The minimum Gasteiger partial charge on any atom is -0.483 e. The number of carboxylic acids is 1. The van der Waals surface area contributed by atoms with Gasteiger partial charge in [-0.2, -0.15) is 0 Å². The zero-order valence-electron chi connectivity index (χ0n) is 13.6. The topological polar surface area (TPSA) is 75.6 Å². The van der Waals surface area contributed by atoms with Crippen LogP contribution in [0, 0.1) is 0 Å². The molecule has 2 rings (SSSR count). The lowest BCUT2D eigenvalue weighted by atomic mass is 10.0. The number of amides is 1. The molecular formula is C19H21NO4. The number of rotatable bonds is 8. The summed E-state index contributed by atoms with van der Waals surface area (Å²) in [5.41, 5.74) is 2.16. The summed E-state index contributed by atoms with van der Waals surface area (Å²) in [6.45, 7) is 1.51. The molecule has 0 bridgehead atoms. The molecule has 1 amide bonds. The highest BCUT2D eigenvalue weighted by Crippen LogP contribution is 2.21. The molecule has 2 aromatic carbocycles. The van der Waals surface area contributed by atoms with Gasteiger partial charge in [0.2, 0.25) is 0 Å². The van der Waals surface area contributed by atoms with Crippen molar-refractivity contribution in [1.29, 1.82) is 0 Å². The number of para-hydroxylation sites is 1. The summed E-state index contributed by atoms with van der Waals surface area (Å²) in [6, 6.07) is 17.2. The Morgan fingerprint density at radius 1 is 1.08 bits per heavy atom. The van der Waals surface area contributed by atoms with Gasteiger partial charge in [-0.25, -0.2) is 0 Å². The zero-order chi connectivity index (χ0) is 17.4. The minimum atomic E-state index is -0.947. The van der Waals surface area contributed by atoms with Gasteiger partial charge in [0, 0.05) is 12.5 Å². The van der Waals surface area contributed by atoms with E-state index in [1.807, 2.05) is 54.6 Å². The van der Waals surface area contributed by atoms with Gasteiger partial charge in [-0.05, 0) is 24.1 Å². The highest BCUT2D eigenvalue weighted by Gasteiger charge is 2.12. The van der Waals surface area contributed by atoms with Crippen molar-refractivity contribution in [2.24, 2.45) is 0 Å². The molecule has 0 saturated heterocycles. The summed E-state index contributed by atoms with van der Waals surface area (Å²) in [7, 11) is 0. The first kappa shape index (κ1) is 17.5. The van der Waals surface area contributed by atoms with Gasteiger partial charge in [0.25, 0.3) is 5.91 Å². The van der Waals surface area contributed by atoms with Gasteiger partial charge in [-0.1, -0.05) is 48.5 Å². The van der Waals surface area contributed by atoms with Crippen LogP contribution in [-0.2, 0) is 16.0 Å². The quantitative estimate of drug-likeness (QED) is 0.781. The highest BCUT2D eigenvalue weighted by atomic mass is 16.5. The summed E-state index contributed by atoms with van der Waals surface area (Å²) in [5, 5.41) is 11.3. The summed E-state index contributed by atoms with van der Waals surface area (Å²) in [4.78, 5) is 22.5. The van der Waals surface area contributed by atoms with Gasteiger partial charge in [0.1, 0.15) is 5.75 Å². The van der Waals surface area contributed by atoms with Crippen molar-refractivity contribution in [3.05, 3.63) is 65.7 Å². The van der Waals surface area contributed by atoms with Crippen LogP contribution < -0.4 is 10.1 Å². The second-order valence-corrected chi connectivity index (χ2v) is 5.63. The zero-order valence-corrected chi connectivity index (χ0v) is 13.6. The normalized spacial score (nSPS) is 11.5. The second-order valence-electron chi connectivity index (χ2n) is 5.63. The van der Waals surface area contributed by atoms with E-state index in [0.717, 1.165) is 11.1 Å². The van der Waals surface area contributed by atoms with E-state index in [9.17, 15) is 9.59 Å². The maximum absolute atomic E-state index is 11.8. The lowest BCUT2D eigenvalue weighted by Gasteiger charge is -2.14. The highest BCUT2D eigenvalue weighted by molar-refractivity contribution is 5.78. The van der Waals surface area contributed by atoms with Crippen LogP contribution >= 0.6 is 0 Å². The van der Waals surface area contributed by atoms with E-state index >= 15 is 0 Å². The Morgan fingerprint density at radius 2 is 1.75 bits per heavy atom. The maximum Gasteiger partial charge on any atom is 0.305 e. The molecule has 24 heavy (non-hydrogen) atoms. The molecule has 5 nitrogen and oxygen atoms in total. The number of ether oxygens (including phenoxy) is 1. The largest absolute Gasteiger partial charge is 0.483 e. The van der Waals surface area contributed by atoms with E-state index < -0.39 is 12.0 Å². The molecule has 126 valence electrons. The molecule has 0 aliphatic heterocycles. The van der Waals surface area contributed by atoms with Crippen molar-refractivity contribution < 1.29 is 19.4 Å². The predicted molar refractivity (Wildman–Crippen MR) is 91.0 cm³/mol. The van der Waals surface area contributed by atoms with Gasteiger partial charge >= 0.3 is 5.97 Å². The first-order chi connectivity index (χ1) is 11.5. The molecule has 0 fully saturated rings. The van der Waals surface area contributed by atoms with E-state index in [4.69, 9.17) is 9.84 Å². The van der Waals surface area contributed by atoms with Crippen LogP contribution in [0.15, 0.2) is 54.6 Å². The molecular weight excluding hydrogens is 306 g/mol. The number of carbonyl (C=O) groups excluding carboxylic acids is 1. The molecule has 1 atom stereocenters. The first-order valence-corrected chi connectivity index (χ1v) is 7.80. The van der Waals surface area contributed by atoms with Crippen molar-refractivity contribution >= 4 is 11.9 Å². The monoisotopic (exact) mass is 327 g/mol. The van der Waals surface area contributed by atoms with Crippen LogP contribution in [0.5, 0.6) is 5.75 Å². The Kier molecular flexibility index (Phi) is 6.37. The summed E-state index contributed by atoms with van der Waals surface area (Å²) < 4.78 is 5.62.